The van der Waals surface area contributed by atoms with Crippen LogP contribution in [-0.2, 0) is 6.54 Å². The molecular formula is C12H11ClN2O2S. The van der Waals surface area contributed by atoms with Gasteiger partial charge in [0.2, 0.25) is 0 Å². The standard InChI is InChI=1S/C12H11ClN2O2S/c1-7-11(18-6-15-7)5-14-12(17)9-3-2-8(13)4-10(9)16/h2-4,6,16H,5H2,1H3,(H,14,17). The maximum Gasteiger partial charge on any atom is 0.255 e. The van der Waals surface area contributed by atoms with Crippen LogP contribution in [0.4, 0.5) is 0 Å². The van der Waals surface area contributed by atoms with Gasteiger partial charge in [-0.25, -0.2) is 4.98 Å². The highest BCUT2D eigenvalue weighted by Gasteiger charge is 2.12. The Balaban J connectivity index is 2.06. The lowest BCUT2D eigenvalue weighted by atomic mass is 10.2. The average molecular weight is 283 g/mol. The van der Waals surface area contributed by atoms with Crippen LogP contribution in [0.15, 0.2) is 23.7 Å². The van der Waals surface area contributed by atoms with Gasteiger partial charge in [0.05, 0.1) is 23.3 Å². The summed E-state index contributed by atoms with van der Waals surface area (Å²) in [4.78, 5) is 16.9. The van der Waals surface area contributed by atoms with E-state index in [1.807, 2.05) is 6.92 Å². The fraction of sp³-hybridized carbons (Fsp3) is 0.167. The Morgan fingerprint density at radius 1 is 1.56 bits per heavy atom. The molecule has 1 aromatic heterocycles. The number of aromatic nitrogens is 1. The first kappa shape index (κ1) is 12.9. The zero-order chi connectivity index (χ0) is 13.1. The third kappa shape index (κ3) is 2.80. The molecular weight excluding hydrogens is 272 g/mol. The molecule has 18 heavy (non-hydrogen) atoms. The van der Waals surface area contributed by atoms with Crippen LogP contribution in [0.1, 0.15) is 20.9 Å². The SMILES string of the molecule is Cc1ncsc1CNC(=O)c1ccc(Cl)cc1O. The lowest BCUT2D eigenvalue weighted by Crippen LogP contribution is -2.22. The summed E-state index contributed by atoms with van der Waals surface area (Å²) in [6.07, 6.45) is 0. The summed E-state index contributed by atoms with van der Waals surface area (Å²) in [6, 6.07) is 4.40. The molecule has 0 saturated carbocycles. The van der Waals surface area contributed by atoms with Gasteiger partial charge in [-0.05, 0) is 25.1 Å². The molecule has 0 atom stereocenters. The van der Waals surface area contributed by atoms with E-state index in [2.05, 4.69) is 10.3 Å². The maximum absolute atomic E-state index is 11.9. The molecule has 0 aliphatic heterocycles. The molecule has 1 aromatic carbocycles. The fourth-order valence-corrected chi connectivity index (χ4v) is 2.33. The summed E-state index contributed by atoms with van der Waals surface area (Å²) >= 11 is 7.19. The van der Waals surface area contributed by atoms with E-state index >= 15 is 0 Å². The molecule has 0 fully saturated rings. The lowest BCUT2D eigenvalue weighted by molar-refractivity contribution is 0.0948. The van der Waals surface area contributed by atoms with Crippen LogP contribution in [0.2, 0.25) is 5.02 Å². The van der Waals surface area contributed by atoms with Crippen molar-refractivity contribution in [3.05, 3.63) is 44.9 Å². The predicted molar refractivity (Wildman–Crippen MR) is 71.1 cm³/mol. The van der Waals surface area contributed by atoms with E-state index in [1.165, 1.54) is 23.5 Å². The minimum absolute atomic E-state index is 0.124. The second-order valence-corrected chi connectivity index (χ2v) is 5.08. The van der Waals surface area contributed by atoms with E-state index < -0.39 is 0 Å². The summed E-state index contributed by atoms with van der Waals surface area (Å²) in [6.45, 7) is 2.29. The van der Waals surface area contributed by atoms with E-state index in [-0.39, 0.29) is 17.2 Å². The Hall–Kier alpha value is -1.59. The molecule has 94 valence electrons. The summed E-state index contributed by atoms with van der Waals surface area (Å²) < 4.78 is 0. The molecule has 2 rings (SSSR count). The number of phenols is 1. The second kappa shape index (κ2) is 5.37. The number of benzene rings is 1. The number of aromatic hydroxyl groups is 1. The topological polar surface area (TPSA) is 62.2 Å². The Labute approximate surface area is 113 Å². The first-order chi connectivity index (χ1) is 8.58. The molecule has 0 aliphatic rings. The quantitative estimate of drug-likeness (QED) is 0.910. The normalized spacial score (nSPS) is 10.3. The zero-order valence-electron chi connectivity index (χ0n) is 9.61. The highest BCUT2D eigenvalue weighted by Crippen LogP contribution is 2.22. The summed E-state index contributed by atoms with van der Waals surface area (Å²) in [7, 11) is 0. The summed E-state index contributed by atoms with van der Waals surface area (Å²) in [5.74, 6) is -0.460. The number of carbonyl (C=O) groups is 1. The zero-order valence-corrected chi connectivity index (χ0v) is 11.2. The smallest absolute Gasteiger partial charge is 0.255 e. The third-order valence-electron chi connectivity index (χ3n) is 2.46. The van der Waals surface area contributed by atoms with Crippen molar-refractivity contribution in [3.8, 4) is 5.75 Å². The number of thiazole rings is 1. The van der Waals surface area contributed by atoms with Crippen LogP contribution < -0.4 is 5.32 Å². The van der Waals surface area contributed by atoms with E-state index in [0.717, 1.165) is 10.6 Å². The summed E-state index contributed by atoms with van der Waals surface area (Å²) in [5, 5.41) is 12.7. The molecule has 4 nitrogen and oxygen atoms in total. The van der Waals surface area contributed by atoms with Gasteiger partial charge in [-0.2, -0.15) is 0 Å². The highest BCUT2D eigenvalue weighted by atomic mass is 35.5. The van der Waals surface area contributed by atoms with Crippen molar-refractivity contribution in [1.29, 1.82) is 0 Å². The van der Waals surface area contributed by atoms with Gasteiger partial charge in [-0.15, -0.1) is 11.3 Å². The Kier molecular flexibility index (Phi) is 3.84. The van der Waals surface area contributed by atoms with Crippen LogP contribution in [0.25, 0.3) is 0 Å². The first-order valence-electron chi connectivity index (χ1n) is 5.23. The van der Waals surface area contributed by atoms with Gasteiger partial charge < -0.3 is 10.4 Å². The number of rotatable bonds is 3. The molecule has 1 amide bonds. The molecule has 1 heterocycles. The number of nitrogens with zero attached hydrogens (tertiary/aromatic N) is 1. The van der Waals surface area contributed by atoms with Crippen molar-refractivity contribution in [2.45, 2.75) is 13.5 Å². The van der Waals surface area contributed by atoms with Gasteiger partial charge in [0, 0.05) is 9.90 Å². The van der Waals surface area contributed by atoms with Crippen LogP contribution in [0.3, 0.4) is 0 Å². The van der Waals surface area contributed by atoms with E-state index in [9.17, 15) is 9.90 Å². The van der Waals surface area contributed by atoms with Crippen LogP contribution in [0, 0.1) is 6.92 Å². The Morgan fingerprint density at radius 2 is 2.33 bits per heavy atom. The minimum Gasteiger partial charge on any atom is -0.507 e. The van der Waals surface area contributed by atoms with Crippen LogP contribution >= 0.6 is 22.9 Å². The Morgan fingerprint density at radius 3 is 2.94 bits per heavy atom. The highest BCUT2D eigenvalue weighted by molar-refractivity contribution is 7.09. The van der Waals surface area contributed by atoms with Gasteiger partial charge in [-0.1, -0.05) is 11.6 Å². The minimum atomic E-state index is -0.336. The van der Waals surface area contributed by atoms with Gasteiger partial charge >= 0.3 is 0 Å². The first-order valence-corrected chi connectivity index (χ1v) is 6.49. The number of amides is 1. The van der Waals surface area contributed by atoms with Gasteiger partial charge in [0.15, 0.2) is 0 Å². The molecule has 0 bridgehead atoms. The van der Waals surface area contributed by atoms with Gasteiger partial charge in [-0.3, -0.25) is 4.79 Å². The lowest BCUT2D eigenvalue weighted by Gasteiger charge is -2.06. The molecule has 2 aromatic rings. The molecule has 0 saturated heterocycles. The van der Waals surface area contributed by atoms with Crippen molar-refractivity contribution in [1.82, 2.24) is 10.3 Å². The summed E-state index contributed by atoms with van der Waals surface area (Å²) in [5.41, 5.74) is 2.85. The number of aryl methyl sites for hydroxylation is 1. The van der Waals surface area contributed by atoms with Crippen molar-refractivity contribution in [2.75, 3.05) is 0 Å². The third-order valence-corrected chi connectivity index (χ3v) is 3.63. The van der Waals surface area contributed by atoms with Crippen molar-refractivity contribution >= 4 is 28.8 Å². The van der Waals surface area contributed by atoms with Crippen molar-refractivity contribution in [3.63, 3.8) is 0 Å². The molecule has 0 aliphatic carbocycles. The Bertz CT molecular complexity index is 583. The number of nitrogens with one attached hydrogen (secondary N) is 1. The predicted octanol–water partition coefficient (Wildman–Crippen LogP) is 2.74. The monoisotopic (exact) mass is 282 g/mol. The van der Waals surface area contributed by atoms with Gasteiger partial charge in [0.1, 0.15) is 5.75 Å². The molecule has 0 spiro atoms. The number of phenolic OH excluding ortho intramolecular Hbond substituents is 1. The van der Waals surface area contributed by atoms with Crippen LogP contribution in [0.5, 0.6) is 5.75 Å². The number of carbonyl (C=O) groups excluding carboxylic acids is 1. The van der Waals surface area contributed by atoms with Gasteiger partial charge in [0.25, 0.3) is 5.91 Å². The molecule has 2 N–H and O–H groups in total. The number of hydrogen-bond acceptors (Lipinski definition) is 4. The largest absolute Gasteiger partial charge is 0.507 e. The van der Waals surface area contributed by atoms with E-state index in [1.54, 1.807) is 11.6 Å². The molecule has 0 radical (unpaired) electrons. The molecule has 6 heteroatoms. The fourth-order valence-electron chi connectivity index (χ4n) is 1.45. The van der Waals surface area contributed by atoms with E-state index in [0.29, 0.717) is 11.6 Å². The van der Waals surface area contributed by atoms with Crippen molar-refractivity contribution < 1.29 is 9.90 Å². The van der Waals surface area contributed by atoms with Crippen LogP contribution in [-0.4, -0.2) is 16.0 Å². The number of halogens is 1. The maximum atomic E-state index is 11.9. The van der Waals surface area contributed by atoms with Crippen molar-refractivity contribution in [2.24, 2.45) is 0 Å². The molecule has 0 unspecified atom stereocenters. The average Bonchev–Trinajstić information content (AvgIpc) is 2.72. The van der Waals surface area contributed by atoms with E-state index in [4.69, 9.17) is 11.6 Å². The number of hydrogen-bond donors (Lipinski definition) is 2. The second-order valence-electron chi connectivity index (χ2n) is 3.71.